The highest BCUT2D eigenvalue weighted by Gasteiger charge is 2.25. The Morgan fingerprint density at radius 2 is 1.90 bits per heavy atom. The summed E-state index contributed by atoms with van der Waals surface area (Å²) in [7, 11) is 1.89. The maximum Gasteiger partial charge on any atom is 0.164 e. The number of anilines is 1. The van der Waals surface area contributed by atoms with E-state index in [1.165, 1.54) is 5.56 Å². The van der Waals surface area contributed by atoms with E-state index in [0.717, 1.165) is 35.4 Å². The molecule has 3 aromatic heterocycles. The van der Waals surface area contributed by atoms with Crippen molar-refractivity contribution in [1.29, 1.82) is 0 Å². The van der Waals surface area contributed by atoms with Crippen LogP contribution in [0.25, 0.3) is 22.4 Å². The fourth-order valence-electron chi connectivity index (χ4n) is 3.67. The van der Waals surface area contributed by atoms with Crippen LogP contribution in [0.5, 0.6) is 0 Å². The third-order valence-corrected chi connectivity index (χ3v) is 5.23. The molecule has 3 N–H and O–H groups in total. The van der Waals surface area contributed by atoms with Gasteiger partial charge in [0.15, 0.2) is 11.5 Å². The molecule has 1 aromatic carbocycles. The van der Waals surface area contributed by atoms with Crippen molar-refractivity contribution in [3.8, 4) is 11.4 Å². The molecule has 0 amide bonds. The molecule has 146 valence electrons. The van der Waals surface area contributed by atoms with Crippen molar-refractivity contribution in [3.63, 3.8) is 0 Å². The van der Waals surface area contributed by atoms with E-state index in [0.29, 0.717) is 11.9 Å². The number of aryl methyl sites for hydroxylation is 1. The molecule has 0 aliphatic carbocycles. The van der Waals surface area contributed by atoms with E-state index in [4.69, 9.17) is 9.97 Å². The lowest BCUT2D eigenvalue weighted by atomic mass is 10.0. The molecular formula is C21H22N8. The summed E-state index contributed by atoms with van der Waals surface area (Å²) in [4.78, 5) is 13.5. The van der Waals surface area contributed by atoms with Crippen LogP contribution in [0.3, 0.4) is 0 Å². The minimum absolute atomic E-state index is 0.284. The minimum atomic E-state index is 0.284. The summed E-state index contributed by atoms with van der Waals surface area (Å²) in [5, 5.41) is 8.77. The first-order valence-corrected chi connectivity index (χ1v) is 9.68. The highest BCUT2D eigenvalue weighted by atomic mass is 15.4. The van der Waals surface area contributed by atoms with Crippen LogP contribution >= 0.6 is 0 Å². The van der Waals surface area contributed by atoms with Gasteiger partial charge in [-0.25, -0.2) is 15.4 Å². The van der Waals surface area contributed by atoms with Crippen LogP contribution in [0.15, 0.2) is 61.1 Å². The average molecular weight is 386 g/mol. The molecule has 1 saturated heterocycles. The lowest BCUT2D eigenvalue weighted by Gasteiger charge is -2.13. The quantitative estimate of drug-likeness (QED) is 0.485. The number of nitrogens with one attached hydrogen (secondary N) is 3. The maximum atomic E-state index is 4.77. The molecule has 8 heteroatoms. The van der Waals surface area contributed by atoms with Gasteiger partial charge in [0.05, 0.1) is 11.6 Å². The monoisotopic (exact) mass is 386 g/mol. The summed E-state index contributed by atoms with van der Waals surface area (Å²) in [5.74, 6) is 1.45. The standard InChI is InChI=1S/C21H22N8/c1-29-21-17(13-24-29)20(25-19(26-21)15-7-9-22-10-8-15)23-12-16-11-18(28-27-16)14-5-3-2-4-6-14/h2-10,13,16,18,27-28H,11-12H2,1H3,(H,23,25,26). The number of hydrogen-bond acceptors (Lipinski definition) is 7. The van der Waals surface area contributed by atoms with Gasteiger partial charge in [-0.05, 0) is 24.1 Å². The topological polar surface area (TPSA) is 92.6 Å². The van der Waals surface area contributed by atoms with E-state index in [-0.39, 0.29) is 6.04 Å². The lowest BCUT2D eigenvalue weighted by molar-refractivity contribution is 0.552. The number of benzene rings is 1. The van der Waals surface area contributed by atoms with Crippen LogP contribution in [0.4, 0.5) is 5.82 Å². The summed E-state index contributed by atoms with van der Waals surface area (Å²) in [5.41, 5.74) is 9.80. The molecule has 0 radical (unpaired) electrons. The fraction of sp³-hybridized carbons (Fsp3) is 0.238. The van der Waals surface area contributed by atoms with Gasteiger partial charge < -0.3 is 5.32 Å². The molecule has 0 bridgehead atoms. The SMILES string of the molecule is Cn1ncc2c(NCC3CC(c4ccccc4)NN3)nc(-c3ccncc3)nc21. The molecule has 1 aliphatic rings. The van der Waals surface area contributed by atoms with E-state index in [1.807, 2.05) is 25.2 Å². The van der Waals surface area contributed by atoms with Gasteiger partial charge >= 0.3 is 0 Å². The van der Waals surface area contributed by atoms with Gasteiger partial charge in [-0.15, -0.1) is 0 Å². The number of hydrogen-bond donors (Lipinski definition) is 3. The predicted octanol–water partition coefficient (Wildman–Crippen LogP) is 2.45. The van der Waals surface area contributed by atoms with Crippen LogP contribution in [0.1, 0.15) is 18.0 Å². The molecule has 4 aromatic rings. The highest BCUT2D eigenvalue weighted by Crippen LogP contribution is 2.26. The summed E-state index contributed by atoms with van der Waals surface area (Å²) in [6.07, 6.45) is 6.30. The van der Waals surface area contributed by atoms with Crippen molar-refractivity contribution >= 4 is 16.9 Å². The third kappa shape index (κ3) is 3.55. The molecule has 2 atom stereocenters. The van der Waals surface area contributed by atoms with Crippen LogP contribution in [-0.2, 0) is 7.05 Å². The summed E-state index contributed by atoms with van der Waals surface area (Å²) < 4.78 is 1.77. The van der Waals surface area contributed by atoms with E-state index in [9.17, 15) is 0 Å². The lowest BCUT2D eigenvalue weighted by Crippen LogP contribution is -2.35. The van der Waals surface area contributed by atoms with Crippen molar-refractivity contribution in [3.05, 3.63) is 66.6 Å². The molecule has 2 unspecified atom stereocenters. The fourth-order valence-corrected chi connectivity index (χ4v) is 3.67. The zero-order chi connectivity index (χ0) is 19.6. The van der Waals surface area contributed by atoms with Gasteiger partial charge in [-0.2, -0.15) is 5.10 Å². The van der Waals surface area contributed by atoms with Crippen LogP contribution < -0.4 is 16.2 Å². The number of fused-ring (bicyclic) bond motifs is 1. The summed E-state index contributed by atoms with van der Waals surface area (Å²) in [6, 6.07) is 14.9. The zero-order valence-corrected chi connectivity index (χ0v) is 16.1. The molecule has 0 saturated carbocycles. The first-order valence-electron chi connectivity index (χ1n) is 9.68. The summed E-state index contributed by atoms with van der Waals surface area (Å²) >= 11 is 0. The molecule has 1 aliphatic heterocycles. The Balaban J connectivity index is 1.36. The van der Waals surface area contributed by atoms with E-state index in [1.54, 1.807) is 23.3 Å². The summed E-state index contributed by atoms with van der Waals surface area (Å²) in [6.45, 7) is 0.743. The Kier molecular flexibility index (Phi) is 4.63. The Morgan fingerprint density at radius 1 is 1.07 bits per heavy atom. The molecule has 4 heterocycles. The van der Waals surface area contributed by atoms with Crippen molar-refractivity contribution in [2.75, 3.05) is 11.9 Å². The first kappa shape index (κ1) is 17.7. The van der Waals surface area contributed by atoms with Crippen LogP contribution in [0, 0.1) is 0 Å². The van der Waals surface area contributed by atoms with Gasteiger partial charge in [-0.1, -0.05) is 30.3 Å². The number of hydrazine groups is 1. The normalized spacial score (nSPS) is 18.9. The van der Waals surface area contributed by atoms with Crippen molar-refractivity contribution in [1.82, 2.24) is 35.6 Å². The molecule has 0 spiro atoms. The largest absolute Gasteiger partial charge is 0.368 e. The molecule has 8 nitrogen and oxygen atoms in total. The molecule has 5 rings (SSSR count). The highest BCUT2D eigenvalue weighted by molar-refractivity contribution is 5.88. The zero-order valence-electron chi connectivity index (χ0n) is 16.1. The Morgan fingerprint density at radius 3 is 2.72 bits per heavy atom. The van der Waals surface area contributed by atoms with E-state index in [2.05, 4.69) is 50.5 Å². The Bertz CT molecular complexity index is 1110. The van der Waals surface area contributed by atoms with Gasteiger partial charge in [0.25, 0.3) is 0 Å². The van der Waals surface area contributed by atoms with Gasteiger partial charge in [0, 0.05) is 43.6 Å². The molecule has 29 heavy (non-hydrogen) atoms. The number of nitrogens with zero attached hydrogens (tertiary/aromatic N) is 5. The van der Waals surface area contributed by atoms with E-state index >= 15 is 0 Å². The van der Waals surface area contributed by atoms with Gasteiger partial charge in [0.1, 0.15) is 5.82 Å². The second-order valence-corrected chi connectivity index (χ2v) is 7.20. The second kappa shape index (κ2) is 7.57. The van der Waals surface area contributed by atoms with Crippen molar-refractivity contribution in [2.24, 2.45) is 7.05 Å². The number of pyridine rings is 1. The van der Waals surface area contributed by atoms with E-state index < -0.39 is 0 Å². The van der Waals surface area contributed by atoms with Gasteiger partial charge in [0.2, 0.25) is 0 Å². The first-order chi connectivity index (χ1) is 14.3. The van der Waals surface area contributed by atoms with Crippen LogP contribution in [0.2, 0.25) is 0 Å². The minimum Gasteiger partial charge on any atom is -0.368 e. The molecule has 1 fully saturated rings. The second-order valence-electron chi connectivity index (χ2n) is 7.20. The van der Waals surface area contributed by atoms with Gasteiger partial charge in [-0.3, -0.25) is 15.1 Å². The predicted molar refractivity (Wildman–Crippen MR) is 112 cm³/mol. The maximum absolute atomic E-state index is 4.77. The van der Waals surface area contributed by atoms with Crippen molar-refractivity contribution < 1.29 is 0 Å². The molecular weight excluding hydrogens is 364 g/mol. The van der Waals surface area contributed by atoms with Crippen LogP contribution in [-0.4, -0.2) is 37.3 Å². The smallest absolute Gasteiger partial charge is 0.164 e. The number of aromatic nitrogens is 5. The Labute approximate surface area is 168 Å². The third-order valence-electron chi connectivity index (χ3n) is 5.23. The van der Waals surface area contributed by atoms with Crippen molar-refractivity contribution in [2.45, 2.75) is 18.5 Å². The number of rotatable bonds is 5. The average Bonchev–Trinajstić information content (AvgIpc) is 3.40. The Hall–Kier alpha value is -3.36.